The van der Waals surface area contributed by atoms with Crippen LogP contribution in [-0.4, -0.2) is 40.5 Å². The Balaban J connectivity index is 1.80. The van der Waals surface area contributed by atoms with Gasteiger partial charge < -0.3 is 9.64 Å². The maximum Gasteiger partial charge on any atom is 0.257 e. The van der Waals surface area contributed by atoms with Gasteiger partial charge in [0.1, 0.15) is 17.7 Å². The molecule has 7 heteroatoms. The van der Waals surface area contributed by atoms with Crippen LogP contribution in [-0.2, 0) is 4.74 Å². The number of amides is 1. The van der Waals surface area contributed by atoms with E-state index in [1.54, 1.807) is 6.20 Å². The summed E-state index contributed by atoms with van der Waals surface area (Å²) in [6, 6.07) is 2.83. The van der Waals surface area contributed by atoms with Crippen LogP contribution in [0.25, 0.3) is 0 Å². The number of carbonyl (C=O) groups excluding carboxylic acids is 1. The van der Waals surface area contributed by atoms with Gasteiger partial charge in [-0.15, -0.1) is 0 Å². The van der Waals surface area contributed by atoms with Crippen LogP contribution >= 0.6 is 0 Å². The molecule has 114 valence electrons. The molecule has 1 saturated heterocycles. The Labute approximate surface area is 125 Å². The fourth-order valence-corrected chi connectivity index (χ4v) is 2.32. The molecular weight excluding hydrogens is 292 g/mol. The Morgan fingerprint density at radius 1 is 1.32 bits per heavy atom. The SMILES string of the molecule is O=C(c1cc(F)ccc1F)N1CCO[C@H](c2cnccn2)C1. The summed E-state index contributed by atoms with van der Waals surface area (Å²) in [5.41, 5.74) is 0.319. The number of nitrogens with zero attached hydrogens (tertiary/aromatic N) is 3. The van der Waals surface area contributed by atoms with E-state index in [1.165, 1.54) is 17.3 Å². The Bertz CT molecular complexity index is 682. The van der Waals surface area contributed by atoms with Crippen LogP contribution in [0.2, 0.25) is 0 Å². The van der Waals surface area contributed by atoms with Crippen LogP contribution in [0.1, 0.15) is 22.2 Å². The fraction of sp³-hybridized carbons (Fsp3) is 0.267. The summed E-state index contributed by atoms with van der Waals surface area (Å²) >= 11 is 0. The Kier molecular flexibility index (Phi) is 4.06. The molecule has 1 aromatic carbocycles. The van der Waals surface area contributed by atoms with Gasteiger partial charge in [-0.1, -0.05) is 0 Å². The minimum absolute atomic E-state index is 0.216. The van der Waals surface area contributed by atoms with E-state index in [0.717, 1.165) is 18.2 Å². The van der Waals surface area contributed by atoms with Crippen LogP contribution in [0.4, 0.5) is 8.78 Å². The molecule has 2 heterocycles. The van der Waals surface area contributed by atoms with Gasteiger partial charge in [-0.25, -0.2) is 8.78 Å². The first-order valence-corrected chi connectivity index (χ1v) is 6.77. The normalized spacial score (nSPS) is 18.3. The van der Waals surface area contributed by atoms with Gasteiger partial charge in [-0.2, -0.15) is 0 Å². The maximum atomic E-state index is 13.7. The van der Waals surface area contributed by atoms with E-state index in [2.05, 4.69) is 9.97 Å². The van der Waals surface area contributed by atoms with Gasteiger partial charge in [-0.05, 0) is 18.2 Å². The van der Waals surface area contributed by atoms with Crippen molar-refractivity contribution in [1.82, 2.24) is 14.9 Å². The van der Waals surface area contributed by atoms with Crippen molar-refractivity contribution >= 4 is 5.91 Å². The standard InChI is InChI=1S/C15H13F2N3O2/c16-10-1-2-12(17)11(7-10)15(21)20-5-6-22-14(9-20)13-8-18-3-4-19-13/h1-4,7-8,14H,5-6,9H2/t14-/m0/s1. The van der Waals surface area contributed by atoms with E-state index in [0.29, 0.717) is 18.8 Å². The van der Waals surface area contributed by atoms with Crippen molar-refractivity contribution < 1.29 is 18.3 Å². The molecule has 1 amide bonds. The maximum absolute atomic E-state index is 13.7. The van der Waals surface area contributed by atoms with Crippen LogP contribution < -0.4 is 0 Å². The summed E-state index contributed by atoms with van der Waals surface area (Å²) in [5.74, 6) is -1.95. The second kappa shape index (κ2) is 6.15. The predicted octanol–water partition coefficient (Wildman–Crippen LogP) is 1.97. The van der Waals surface area contributed by atoms with Crippen LogP contribution in [0.5, 0.6) is 0 Å². The number of hydrogen-bond acceptors (Lipinski definition) is 4. The zero-order valence-corrected chi connectivity index (χ0v) is 11.6. The molecule has 1 aliphatic rings. The lowest BCUT2D eigenvalue weighted by molar-refractivity contribution is -0.0250. The van der Waals surface area contributed by atoms with Crippen molar-refractivity contribution in [3.8, 4) is 0 Å². The number of aromatic nitrogens is 2. The molecule has 0 unspecified atom stereocenters. The first-order valence-electron chi connectivity index (χ1n) is 6.77. The molecule has 0 radical (unpaired) electrons. The lowest BCUT2D eigenvalue weighted by Gasteiger charge is -2.32. The highest BCUT2D eigenvalue weighted by Gasteiger charge is 2.28. The first-order chi connectivity index (χ1) is 10.6. The molecular formula is C15H13F2N3O2. The minimum Gasteiger partial charge on any atom is -0.368 e. The van der Waals surface area contributed by atoms with Crippen molar-refractivity contribution in [2.45, 2.75) is 6.10 Å². The predicted molar refractivity (Wildman–Crippen MR) is 73.0 cm³/mol. The summed E-state index contributed by atoms with van der Waals surface area (Å²) in [5, 5.41) is 0. The average Bonchev–Trinajstić information content (AvgIpc) is 2.57. The van der Waals surface area contributed by atoms with E-state index in [4.69, 9.17) is 4.74 Å². The zero-order valence-electron chi connectivity index (χ0n) is 11.6. The molecule has 1 aliphatic heterocycles. The highest BCUT2D eigenvalue weighted by Crippen LogP contribution is 2.22. The molecule has 5 nitrogen and oxygen atoms in total. The highest BCUT2D eigenvalue weighted by atomic mass is 19.1. The number of carbonyl (C=O) groups is 1. The Hall–Kier alpha value is -2.41. The third-order valence-corrected chi connectivity index (χ3v) is 3.43. The largest absolute Gasteiger partial charge is 0.368 e. The van der Waals surface area contributed by atoms with Gasteiger partial charge in [0.25, 0.3) is 5.91 Å². The highest BCUT2D eigenvalue weighted by molar-refractivity contribution is 5.94. The molecule has 0 aliphatic carbocycles. The van der Waals surface area contributed by atoms with Crippen molar-refractivity contribution in [2.75, 3.05) is 19.7 Å². The van der Waals surface area contributed by atoms with E-state index < -0.39 is 23.6 Å². The van der Waals surface area contributed by atoms with Crippen molar-refractivity contribution in [3.63, 3.8) is 0 Å². The number of ether oxygens (including phenoxy) is 1. The topological polar surface area (TPSA) is 55.3 Å². The first kappa shape index (κ1) is 14.5. The summed E-state index contributed by atoms with van der Waals surface area (Å²) in [7, 11) is 0. The summed E-state index contributed by atoms with van der Waals surface area (Å²) < 4.78 is 32.5. The smallest absolute Gasteiger partial charge is 0.257 e. The minimum atomic E-state index is -0.742. The second-order valence-corrected chi connectivity index (χ2v) is 4.87. The molecule has 1 fully saturated rings. The Morgan fingerprint density at radius 3 is 2.95 bits per heavy atom. The van der Waals surface area contributed by atoms with Crippen molar-refractivity contribution in [1.29, 1.82) is 0 Å². The molecule has 2 aromatic rings. The van der Waals surface area contributed by atoms with Crippen molar-refractivity contribution in [3.05, 3.63) is 59.7 Å². The quantitative estimate of drug-likeness (QED) is 0.851. The third kappa shape index (κ3) is 2.94. The number of morpholine rings is 1. The average molecular weight is 305 g/mol. The second-order valence-electron chi connectivity index (χ2n) is 4.87. The molecule has 0 saturated carbocycles. The number of benzene rings is 1. The van der Waals surface area contributed by atoms with Crippen LogP contribution in [0.3, 0.4) is 0 Å². The molecule has 1 aromatic heterocycles. The third-order valence-electron chi connectivity index (χ3n) is 3.43. The van der Waals surface area contributed by atoms with E-state index in [9.17, 15) is 13.6 Å². The summed E-state index contributed by atoms with van der Waals surface area (Å²) in [6.07, 6.45) is 4.20. The van der Waals surface area contributed by atoms with E-state index >= 15 is 0 Å². The lowest BCUT2D eigenvalue weighted by atomic mass is 10.1. The van der Waals surface area contributed by atoms with Crippen LogP contribution in [0.15, 0.2) is 36.8 Å². The van der Waals surface area contributed by atoms with Gasteiger partial charge in [0.15, 0.2) is 0 Å². The van der Waals surface area contributed by atoms with Gasteiger partial charge in [-0.3, -0.25) is 14.8 Å². The molecule has 0 bridgehead atoms. The number of hydrogen-bond donors (Lipinski definition) is 0. The molecule has 1 atom stereocenters. The number of rotatable bonds is 2. The van der Waals surface area contributed by atoms with Gasteiger partial charge >= 0.3 is 0 Å². The molecule has 0 spiro atoms. The number of halogens is 2. The lowest BCUT2D eigenvalue weighted by Crippen LogP contribution is -2.42. The zero-order chi connectivity index (χ0) is 15.5. The Morgan fingerprint density at radius 2 is 2.18 bits per heavy atom. The monoisotopic (exact) mass is 305 g/mol. The summed E-state index contributed by atoms with van der Waals surface area (Å²) in [6.45, 7) is 0.822. The van der Waals surface area contributed by atoms with Gasteiger partial charge in [0.2, 0.25) is 0 Å². The van der Waals surface area contributed by atoms with E-state index in [-0.39, 0.29) is 12.1 Å². The van der Waals surface area contributed by atoms with Gasteiger partial charge in [0.05, 0.1) is 30.6 Å². The molecule has 3 rings (SSSR count). The van der Waals surface area contributed by atoms with E-state index in [1.807, 2.05) is 0 Å². The summed E-state index contributed by atoms with van der Waals surface area (Å²) in [4.78, 5) is 21.9. The fourth-order valence-electron chi connectivity index (χ4n) is 2.32. The van der Waals surface area contributed by atoms with Gasteiger partial charge in [0, 0.05) is 18.9 Å². The molecule has 0 N–H and O–H groups in total. The van der Waals surface area contributed by atoms with Crippen LogP contribution in [0, 0.1) is 11.6 Å². The van der Waals surface area contributed by atoms with Crippen molar-refractivity contribution in [2.24, 2.45) is 0 Å². The molecule has 22 heavy (non-hydrogen) atoms.